The van der Waals surface area contributed by atoms with E-state index in [-0.39, 0.29) is 0 Å². The molecule has 0 amide bonds. The van der Waals surface area contributed by atoms with Gasteiger partial charge in [0, 0.05) is 6.61 Å². The maximum absolute atomic E-state index is 5.79. The molecule has 0 aromatic carbocycles. The van der Waals surface area contributed by atoms with Crippen LogP contribution in [0.5, 0.6) is 0 Å². The van der Waals surface area contributed by atoms with Crippen LogP contribution in [0.25, 0.3) is 0 Å². The summed E-state index contributed by atoms with van der Waals surface area (Å²) in [6.07, 6.45) is 13.9. The van der Waals surface area contributed by atoms with Gasteiger partial charge in [-0.2, -0.15) is 0 Å². The van der Waals surface area contributed by atoms with Crippen LogP contribution < -0.4 is 0 Å². The summed E-state index contributed by atoms with van der Waals surface area (Å²) in [4.78, 5) is 0. The molecule has 1 nitrogen and oxygen atoms in total. The van der Waals surface area contributed by atoms with Gasteiger partial charge in [0.25, 0.3) is 0 Å². The lowest BCUT2D eigenvalue weighted by Gasteiger charge is -2.13. The van der Waals surface area contributed by atoms with Gasteiger partial charge in [-0.05, 0) is 19.3 Å². The fourth-order valence-corrected chi connectivity index (χ4v) is 1.85. The predicted octanol–water partition coefficient (Wildman–Crippen LogP) is 5.11. The average Bonchev–Trinajstić information content (AvgIpc) is 2.31. The van der Waals surface area contributed by atoms with E-state index in [0.717, 1.165) is 19.4 Å². The molecule has 0 radical (unpaired) electrons. The molecule has 0 saturated heterocycles. The molecule has 96 valence electrons. The first-order valence-corrected chi connectivity index (χ1v) is 7.07. The second-order valence-corrected chi connectivity index (χ2v) is 4.55. The number of hydrogen-bond donors (Lipinski definition) is 0. The maximum atomic E-state index is 5.79. The Kier molecular flexibility index (Phi) is 12.5. The van der Waals surface area contributed by atoms with Crippen molar-refractivity contribution < 1.29 is 4.74 Å². The third-order valence-corrected chi connectivity index (χ3v) is 2.99. The van der Waals surface area contributed by atoms with E-state index in [2.05, 4.69) is 20.4 Å². The zero-order valence-corrected chi connectivity index (χ0v) is 11.3. The molecular formula is C15H30O. The SMILES string of the molecule is C=CCC(CC)OCCCCCCCCC. The minimum atomic E-state index is 0.401. The van der Waals surface area contributed by atoms with Gasteiger partial charge in [0.05, 0.1) is 6.10 Å². The molecule has 0 spiro atoms. The molecule has 16 heavy (non-hydrogen) atoms. The van der Waals surface area contributed by atoms with E-state index in [1.165, 1.54) is 44.9 Å². The van der Waals surface area contributed by atoms with Crippen molar-refractivity contribution in [1.29, 1.82) is 0 Å². The van der Waals surface area contributed by atoms with Crippen LogP contribution in [-0.2, 0) is 4.74 Å². The fourth-order valence-electron chi connectivity index (χ4n) is 1.85. The Bertz CT molecular complexity index is 142. The molecule has 1 atom stereocenters. The molecule has 0 aliphatic carbocycles. The van der Waals surface area contributed by atoms with Gasteiger partial charge in [0.2, 0.25) is 0 Å². The van der Waals surface area contributed by atoms with Gasteiger partial charge >= 0.3 is 0 Å². The van der Waals surface area contributed by atoms with Gasteiger partial charge in [-0.25, -0.2) is 0 Å². The van der Waals surface area contributed by atoms with Crippen molar-refractivity contribution in [1.82, 2.24) is 0 Å². The molecule has 1 unspecified atom stereocenters. The summed E-state index contributed by atoms with van der Waals surface area (Å²) in [7, 11) is 0. The van der Waals surface area contributed by atoms with Gasteiger partial charge < -0.3 is 4.74 Å². The lowest BCUT2D eigenvalue weighted by molar-refractivity contribution is 0.0502. The van der Waals surface area contributed by atoms with E-state index in [0.29, 0.717) is 6.10 Å². The largest absolute Gasteiger partial charge is 0.378 e. The second-order valence-electron chi connectivity index (χ2n) is 4.55. The Morgan fingerprint density at radius 3 is 2.19 bits per heavy atom. The van der Waals surface area contributed by atoms with E-state index >= 15 is 0 Å². The first-order chi connectivity index (χ1) is 7.85. The molecule has 0 heterocycles. The number of ether oxygens (including phenoxy) is 1. The maximum Gasteiger partial charge on any atom is 0.0606 e. The molecular weight excluding hydrogens is 196 g/mol. The van der Waals surface area contributed by atoms with Gasteiger partial charge in [0.15, 0.2) is 0 Å². The monoisotopic (exact) mass is 226 g/mol. The lowest BCUT2D eigenvalue weighted by atomic mass is 10.1. The summed E-state index contributed by atoms with van der Waals surface area (Å²) in [6, 6.07) is 0. The summed E-state index contributed by atoms with van der Waals surface area (Å²) < 4.78 is 5.79. The van der Waals surface area contributed by atoms with E-state index < -0.39 is 0 Å². The van der Waals surface area contributed by atoms with Crippen molar-refractivity contribution in [3.05, 3.63) is 12.7 Å². The molecule has 1 heteroatoms. The molecule has 0 aliphatic heterocycles. The first kappa shape index (κ1) is 15.7. The molecule has 0 aromatic rings. The average molecular weight is 226 g/mol. The van der Waals surface area contributed by atoms with Gasteiger partial charge in [-0.3, -0.25) is 0 Å². The van der Waals surface area contributed by atoms with Crippen LogP contribution in [0.4, 0.5) is 0 Å². The third-order valence-electron chi connectivity index (χ3n) is 2.99. The summed E-state index contributed by atoms with van der Waals surface area (Å²) in [5.74, 6) is 0. The van der Waals surface area contributed by atoms with Crippen molar-refractivity contribution >= 4 is 0 Å². The van der Waals surface area contributed by atoms with Crippen molar-refractivity contribution in [3.63, 3.8) is 0 Å². The standard InChI is InChI=1S/C15H30O/c1-4-7-8-9-10-11-12-14-16-15(6-3)13-5-2/h5,15H,2,4,6-14H2,1,3H3. The second kappa shape index (κ2) is 12.8. The van der Waals surface area contributed by atoms with Crippen molar-refractivity contribution in [2.45, 2.75) is 77.7 Å². The molecule has 0 saturated carbocycles. The zero-order valence-electron chi connectivity index (χ0n) is 11.3. The molecule has 0 fully saturated rings. The van der Waals surface area contributed by atoms with E-state index in [1.807, 2.05) is 6.08 Å². The van der Waals surface area contributed by atoms with Crippen LogP contribution in [0.1, 0.15) is 71.6 Å². The van der Waals surface area contributed by atoms with Crippen molar-refractivity contribution in [2.75, 3.05) is 6.61 Å². The molecule has 0 aliphatic rings. The van der Waals surface area contributed by atoms with Crippen LogP contribution in [0.2, 0.25) is 0 Å². The molecule has 0 rings (SSSR count). The molecule has 0 aromatic heterocycles. The van der Waals surface area contributed by atoms with Crippen molar-refractivity contribution in [2.24, 2.45) is 0 Å². The predicted molar refractivity (Wildman–Crippen MR) is 72.8 cm³/mol. The lowest BCUT2D eigenvalue weighted by Crippen LogP contribution is -2.11. The van der Waals surface area contributed by atoms with Crippen molar-refractivity contribution in [3.8, 4) is 0 Å². The fraction of sp³-hybridized carbons (Fsp3) is 0.867. The highest BCUT2D eigenvalue weighted by Gasteiger charge is 2.02. The van der Waals surface area contributed by atoms with Gasteiger partial charge in [-0.1, -0.05) is 58.4 Å². The normalized spacial score (nSPS) is 12.6. The van der Waals surface area contributed by atoms with E-state index in [9.17, 15) is 0 Å². The Morgan fingerprint density at radius 2 is 1.62 bits per heavy atom. The topological polar surface area (TPSA) is 9.23 Å². The Morgan fingerprint density at radius 1 is 1.00 bits per heavy atom. The van der Waals surface area contributed by atoms with Crippen LogP contribution >= 0.6 is 0 Å². The quantitative estimate of drug-likeness (QED) is 0.332. The summed E-state index contributed by atoms with van der Waals surface area (Å²) in [5.41, 5.74) is 0. The number of hydrogen-bond acceptors (Lipinski definition) is 1. The van der Waals surface area contributed by atoms with Crippen LogP contribution in [-0.4, -0.2) is 12.7 Å². The smallest absolute Gasteiger partial charge is 0.0606 e. The first-order valence-electron chi connectivity index (χ1n) is 7.07. The number of rotatable bonds is 12. The Hall–Kier alpha value is -0.300. The highest BCUT2D eigenvalue weighted by Crippen LogP contribution is 2.09. The molecule has 0 bridgehead atoms. The van der Waals surface area contributed by atoms with Gasteiger partial charge in [0.1, 0.15) is 0 Å². The number of unbranched alkanes of at least 4 members (excludes halogenated alkanes) is 6. The minimum Gasteiger partial charge on any atom is -0.378 e. The summed E-state index contributed by atoms with van der Waals surface area (Å²) >= 11 is 0. The Labute approximate surface area is 102 Å². The molecule has 0 N–H and O–H groups in total. The Balaban J connectivity index is 3.15. The third kappa shape index (κ3) is 10.2. The van der Waals surface area contributed by atoms with Crippen LogP contribution in [0, 0.1) is 0 Å². The van der Waals surface area contributed by atoms with Crippen LogP contribution in [0.15, 0.2) is 12.7 Å². The van der Waals surface area contributed by atoms with E-state index in [1.54, 1.807) is 0 Å². The van der Waals surface area contributed by atoms with Crippen LogP contribution in [0.3, 0.4) is 0 Å². The zero-order chi connectivity index (χ0) is 12.1. The summed E-state index contributed by atoms with van der Waals surface area (Å²) in [5, 5.41) is 0. The highest BCUT2D eigenvalue weighted by atomic mass is 16.5. The highest BCUT2D eigenvalue weighted by molar-refractivity contribution is 4.72. The van der Waals surface area contributed by atoms with E-state index in [4.69, 9.17) is 4.74 Å². The minimum absolute atomic E-state index is 0.401. The van der Waals surface area contributed by atoms with Gasteiger partial charge in [-0.15, -0.1) is 6.58 Å². The summed E-state index contributed by atoms with van der Waals surface area (Å²) in [6.45, 7) is 9.13.